The molecule has 98 valence electrons. The first-order valence-corrected chi connectivity index (χ1v) is 7.71. The van der Waals surface area contributed by atoms with Crippen molar-refractivity contribution in [2.45, 2.75) is 23.8 Å². The predicted molar refractivity (Wildman–Crippen MR) is 83.4 cm³/mol. The second-order valence-electron chi connectivity index (χ2n) is 5.17. The molecule has 1 fully saturated rings. The van der Waals surface area contributed by atoms with Gasteiger partial charge >= 0.3 is 0 Å². The average molecular weight is 316 g/mol. The zero-order valence-corrected chi connectivity index (χ0v) is 12.5. The Morgan fingerprint density at radius 2 is 1.58 bits per heavy atom. The van der Waals surface area contributed by atoms with Crippen molar-refractivity contribution in [3.63, 3.8) is 0 Å². The van der Waals surface area contributed by atoms with Crippen LogP contribution in [0.2, 0.25) is 0 Å². The molecule has 19 heavy (non-hydrogen) atoms. The molecule has 2 aromatic carbocycles. The topological polar surface area (TPSA) is 3.24 Å². The molecule has 0 radical (unpaired) electrons. The Morgan fingerprint density at radius 1 is 0.947 bits per heavy atom. The molecular weight excluding hydrogens is 298 g/mol. The summed E-state index contributed by atoms with van der Waals surface area (Å²) in [7, 11) is 0. The summed E-state index contributed by atoms with van der Waals surface area (Å²) in [6.45, 7) is 2.15. The second kappa shape index (κ2) is 5.89. The molecule has 0 saturated carbocycles. The molecule has 1 aliphatic heterocycles. The minimum atomic E-state index is 0.533. The van der Waals surface area contributed by atoms with Crippen LogP contribution in [0.1, 0.15) is 23.6 Å². The first kappa shape index (κ1) is 12.9. The van der Waals surface area contributed by atoms with Crippen molar-refractivity contribution in [2.24, 2.45) is 0 Å². The van der Waals surface area contributed by atoms with Gasteiger partial charge in [0.1, 0.15) is 0 Å². The van der Waals surface area contributed by atoms with E-state index in [4.69, 9.17) is 0 Å². The molecule has 0 spiro atoms. The number of nitrogens with zero attached hydrogens (tertiary/aromatic N) is 1. The van der Waals surface area contributed by atoms with Crippen LogP contribution < -0.4 is 0 Å². The van der Waals surface area contributed by atoms with Gasteiger partial charge in [0.05, 0.1) is 0 Å². The SMILES string of the molecule is Br[C@@H]1C[C@@H](c2ccccc2)N(Cc2ccccc2)C1. The van der Waals surface area contributed by atoms with Crippen LogP contribution in [0.3, 0.4) is 0 Å². The van der Waals surface area contributed by atoms with E-state index in [-0.39, 0.29) is 0 Å². The van der Waals surface area contributed by atoms with Crippen LogP contribution in [-0.4, -0.2) is 16.3 Å². The molecule has 2 atom stereocenters. The van der Waals surface area contributed by atoms with E-state index in [9.17, 15) is 0 Å². The Balaban J connectivity index is 1.79. The number of hydrogen-bond acceptors (Lipinski definition) is 1. The Labute approximate surface area is 123 Å². The minimum absolute atomic E-state index is 0.533. The lowest BCUT2D eigenvalue weighted by Gasteiger charge is -2.24. The van der Waals surface area contributed by atoms with Crippen LogP contribution in [0.25, 0.3) is 0 Å². The Hall–Kier alpha value is -1.12. The van der Waals surface area contributed by atoms with E-state index < -0.39 is 0 Å². The largest absolute Gasteiger partial charge is 0.291 e. The standard InChI is InChI=1S/C17H18BrN/c18-16-11-17(15-9-5-2-6-10-15)19(13-16)12-14-7-3-1-4-8-14/h1-10,16-17H,11-13H2/t16-,17+/m1/s1. The van der Waals surface area contributed by atoms with Gasteiger partial charge < -0.3 is 0 Å². The molecule has 0 unspecified atom stereocenters. The summed E-state index contributed by atoms with van der Waals surface area (Å²) < 4.78 is 0. The molecular formula is C17H18BrN. The van der Waals surface area contributed by atoms with Crippen molar-refractivity contribution in [1.82, 2.24) is 4.90 Å². The van der Waals surface area contributed by atoms with Crippen molar-refractivity contribution in [1.29, 1.82) is 0 Å². The molecule has 3 rings (SSSR count). The summed E-state index contributed by atoms with van der Waals surface area (Å²) in [4.78, 5) is 3.17. The lowest BCUT2D eigenvalue weighted by Crippen LogP contribution is -2.23. The van der Waals surface area contributed by atoms with Crippen molar-refractivity contribution in [3.8, 4) is 0 Å². The molecule has 1 heterocycles. The van der Waals surface area contributed by atoms with E-state index in [1.807, 2.05) is 0 Å². The van der Waals surface area contributed by atoms with Crippen LogP contribution in [0.5, 0.6) is 0 Å². The minimum Gasteiger partial charge on any atom is -0.291 e. The summed E-state index contributed by atoms with van der Waals surface area (Å²) in [5.74, 6) is 0. The van der Waals surface area contributed by atoms with Crippen molar-refractivity contribution in [3.05, 3.63) is 71.8 Å². The van der Waals surface area contributed by atoms with Gasteiger partial charge in [-0.3, -0.25) is 4.90 Å². The van der Waals surface area contributed by atoms with Crippen LogP contribution in [0.15, 0.2) is 60.7 Å². The third-order valence-corrected chi connectivity index (χ3v) is 4.43. The fourth-order valence-electron chi connectivity index (χ4n) is 2.86. The first-order chi connectivity index (χ1) is 9.33. The Bertz CT molecular complexity index is 511. The van der Waals surface area contributed by atoms with Gasteiger partial charge in [-0.1, -0.05) is 76.6 Å². The molecule has 1 saturated heterocycles. The van der Waals surface area contributed by atoms with E-state index in [1.165, 1.54) is 17.5 Å². The zero-order chi connectivity index (χ0) is 13.1. The number of likely N-dealkylation sites (tertiary alicyclic amines) is 1. The maximum atomic E-state index is 3.79. The summed E-state index contributed by atoms with van der Waals surface area (Å²) in [6.07, 6.45) is 1.19. The zero-order valence-electron chi connectivity index (χ0n) is 10.9. The highest BCUT2D eigenvalue weighted by molar-refractivity contribution is 9.09. The Kier molecular flexibility index (Phi) is 4.00. The fraction of sp³-hybridized carbons (Fsp3) is 0.294. The van der Waals surface area contributed by atoms with Gasteiger partial charge in [-0.25, -0.2) is 0 Å². The normalized spacial score (nSPS) is 23.6. The summed E-state index contributed by atoms with van der Waals surface area (Å²) in [5, 5.41) is 0. The van der Waals surface area contributed by atoms with Gasteiger partial charge in [-0.05, 0) is 17.5 Å². The number of alkyl halides is 1. The van der Waals surface area contributed by atoms with Crippen molar-refractivity contribution >= 4 is 15.9 Å². The van der Waals surface area contributed by atoms with Gasteiger partial charge in [-0.15, -0.1) is 0 Å². The van der Waals surface area contributed by atoms with Gasteiger partial charge in [0, 0.05) is 24.0 Å². The van der Waals surface area contributed by atoms with E-state index in [2.05, 4.69) is 81.5 Å². The Morgan fingerprint density at radius 3 is 2.26 bits per heavy atom. The highest BCUT2D eigenvalue weighted by atomic mass is 79.9. The van der Waals surface area contributed by atoms with Crippen molar-refractivity contribution in [2.75, 3.05) is 6.54 Å². The van der Waals surface area contributed by atoms with Crippen LogP contribution >= 0.6 is 15.9 Å². The van der Waals surface area contributed by atoms with Gasteiger partial charge in [0.2, 0.25) is 0 Å². The maximum absolute atomic E-state index is 3.79. The third-order valence-electron chi connectivity index (χ3n) is 3.77. The molecule has 1 aliphatic rings. The molecule has 0 N–H and O–H groups in total. The number of halogens is 1. The molecule has 0 aromatic heterocycles. The molecule has 1 nitrogen and oxygen atoms in total. The lowest BCUT2D eigenvalue weighted by molar-refractivity contribution is 0.249. The van der Waals surface area contributed by atoms with E-state index >= 15 is 0 Å². The van der Waals surface area contributed by atoms with E-state index in [0.29, 0.717) is 10.9 Å². The first-order valence-electron chi connectivity index (χ1n) is 6.80. The summed E-state index contributed by atoms with van der Waals surface area (Å²) >= 11 is 3.79. The quantitative estimate of drug-likeness (QED) is 0.759. The molecule has 2 heteroatoms. The monoisotopic (exact) mass is 315 g/mol. The highest BCUT2D eigenvalue weighted by Gasteiger charge is 2.31. The van der Waals surface area contributed by atoms with Gasteiger partial charge in [0.15, 0.2) is 0 Å². The molecule has 0 bridgehead atoms. The van der Waals surface area contributed by atoms with Crippen LogP contribution in [-0.2, 0) is 6.54 Å². The van der Waals surface area contributed by atoms with Gasteiger partial charge in [0.25, 0.3) is 0 Å². The summed E-state index contributed by atoms with van der Waals surface area (Å²) in [6, 6.07) is 22.1. The van der Waals surface area contributed by atoms with Crippen LogP contribution in [0.4, 0.5) is 0 Å². The maximum Gasteiger partial charge on any atom is 0.0363 e. The second-order valence-corrected chi connectivity index (χ2v) is 6.47. The number of benzene rings is 2. The average Bonchev–Trinajstić information content (AvgIpc) is 2.82. The van der Waals surface area contributed by atoms with E-state index in [0.717, 1.165) is 13.1 Å². The smallest absolute Gasteiger partial charge is 0.0363 e. The van der Waals surface area contributed by atoms with Gasteiger partial charge in [-0.2, -0.15) is 0 Å². The molecule has 0 aliphatic carbocycles. The van der Waals surface area contributed by atoms with Crippen LogP contribution in [0, 0.1) is 0 Å². The third kappa shape index (κ3) is 3.07. The molecule has 0 amide bonds. The fourth-order valence-corrected chi connectivity index (χ4v) is 3.59. The lowest BCUT2D eigenvalue weighted by atomic mass is 10.0. The highest BCUT2D eigenvalue weighted by Crippen LogP contribution is 2.36. The van der Waals surface area contributed by atoms with E-state index in [1.54, 1.807) is 0 Å². The number of rotatable bonds is 3. The summed E-state index contributed by atoms with van der Waals surface area (Å²) in [5.41, 5.74) is 2.82. The molecule has 2 aromatic rings. The number of hydrogen-bond donors (Lipinski definition) is 0. The van der Waals surface area contributed by atoms with Crippen molar-refractivity contribution < 1.29 is 0 Å². The predicted octanol–water partition coefficient (Wildman–Crippen LogP) is 4.40.